The monoisotopic (exact) mass is 317 g/mol. The lowest BCUT2D eigenvalue weighted by atomic mass is 10.2. The van der Waals surface area contributed by atoms with Crippen molar-refractivity contribution in [1.29, 1.82) is 0 Å². The Labute approximate surface area is 131 Å². The van der Waals surface area contributed by atoms with E-state index in [-0.39, 0.29) is 0 Å². The van der Waals surface area contributed by atoms with E-state index in [1.54, 1.807) is 7.11 Å². The Morgan fingerprint density at radius 3 is 2.38 bits per heavy atom. The van der Waals surface area contributed by atoms with Crippen LogP contribution < -0.4 is 10.1 Å². The van der Waals surface area contributed by atoms with Gasteiger partial charge in [0.15, 0.2) is 0 Å². The quantitative estimate of drug-likeness (QED) is 0.763. The van der Waals surface area contributed by atoms with Gasteiger partial charge in [0.05, 0.1) is 7.11 Å². The predicted octanol–water partition coefficient (Wildman–Crippen LogP) is 4.61. The van der Waals surface area contributed by atoms with E-state index < -0.39 is 0 Å². The number of hydrogen-bond donors (Lipinski definition) is 1. The van der Waals surface area contributed by atoms with Crippen molar-refractivity contribution in [3.8, 4) is 16.3 Å². The van der Waals surface area contributed by atoms with Crippen LogP contribution in [0.5, 0.6) is 5.75 Å². The maximum atomic E-state index is 5.86. The van der Waals surface area contributed by atoms with E-state index >= 15 is 0 Å². The van der Waals surface area contributed by atoms with Gasteiger partial charge < -0.3 is 10.1 Å². The molecular weight excluding hydrogens is 306 g/mol. The van der Waals surface area contributed by atoms with Crippen LogP contribution in [0.4, 0.5) is 10.8 Å². The third-order valence-corrected chi connectivity index (χ3v) is 4.00. The van der Waals surface area contributed by atoms with E-state index in [1.165, 1.54) is 11.3 Å². The molecule has 0 unspecified atom stereocenters. The molecule has 0 aliphatic carbocycles. The number of ether oxygens (including phenoxy) is 1. The molecule has 4 nitrogen and oxygen atoms in total. The van der Waals surface area contributed by atoms with Crippen LogP contribution in [0.2, 0.25) is 5.02 Å². The summed E-state index contributed by atoms with van der Waals surface area (Å²) in [4.78, 5) is 0. The second kappa shape index (κ2) is 6.11. The minimum absolute atomic E-state index is 0.705. The molecule has 1 heterocycles. The minimum atomic E-state index is 0.705. The van der Waals surface area contributed by atoms with Crippen molar-refractivity contribution in [1.82, 2.24) is 10.2 Å². The first-order valence-electron chi connectivity index (χ1n) is 6.25. The van der Waals surface area contributed by atoms with Crippen molar-refractivity contribution in [3.05, 3.63) is 53.6 Å². The lowest BCUT2D eigenvalue weighted by Gasteiger charge is -2.01. The second-order valence-electron chi connectivity index (χ2n) is 4.27. The molecule has 0 spiro atoms. The summed E-state index contributed by atoms with van der Waals surface area (Å²) in [6.45, 7) is 0. The largest absolute Gasteiger partial charge is 0.497 e. The average molecular weight is 318 g/mol. The maximum Gasteiger partial charge on any atom is 0.210 e. The van der Waals surface area contributed by atoms with E-state index in [2.05, 4.69) is 15.5 Å². The number of nitrogens with one attached hydrogen (secondary N) is 1. The molecule has 3 aromatic rings. The summed E-state index contributed by atoms with van der Waals surface area (Å²) in [6, 6.07) is 15.2. The van der Waals surface area contributed by atoms with Crippen LogP contribution in [0.1, 0.15) is 0 Å². The fourth-order valence-electron chi connectivity index (χ4n) is 1.78. The number of methoxy groups -OCH3 is 1. The molecule has 0 amide bonds. The van der Waals surface area contributed by atoms with Crippen molar-refractivity contribution in [2.75, 3.05) is 12.4 Å². The Hall–Kier alpha value is -2.11. The summed E-state index contributed by atoms with van der Waals surface area (Å²) in [6.07, 6.45) is 0. The number of hydrogen-bond acceptors (Lipinski definition) is 5. The van der Waals surface area contributed by atoms with Gasteiger partial charge in [0.1, 0.15) is 10.8 Å². The molecule has 0 atom stereocenters. The zero-order valence-electron chi connectivity index (χ0n) is 11.2. The Morgan fingerprint density at radius 2 is 1.71 bits per heavy atom. The van der Waals surface area contributed by atoms with Crippen LogP contribution in [-0.4, -0.2) is 17.3 Å². The molecule has 0 saturated heterocycles. The smallest absolute Gasteiger partial charge is 0.210 e. The van der Waals surface area contributed by atoms with Crippen LogP contribution in [0.25, 0.3) is 10.6 Å². The fourth-order valence-corrected chi connectivity index (χ4v) is 2.68. The van der Waals surface area contributed by atoms with Crippen LogP contribution in [0, 0.1) is 0 Å². The molecule has 0 aliphatic heterocycles. The first kappa shape index (κ1) is 13.9. The van der Waals surface area contributed by atoms with E-state index in [1.807, 2.05) is 48.5 Å². The molecule has 1 aromatic heterocycles. The molecule has 0 radical (unpaired) electrons. The first-order valence-corrected chi connectivity index (χ1v) is 7.44. The van der Waals surface area contributed by atoms with Crippen molar-refractivity contribution in [2.24, 2.45) is 0 Å². The molecule has 3 rings (SSSR count). The normalized spacial score (nSPS) is 10.4. The van der Waals surface area contributed by atoms with Gasteiger partial charge in [-0.2, -0.15) is 0 Å². The van der Waals surface area contributed by atoms with Crippen molar-refractivity contribution in [2.45, 2.75) is 0 Å². The maximum absolute atomic E-state index is 5.86. The topological polar surface area (TPSA) is 47.0 Å². The van der Waals surface area contributed by atoms with E-state index in [9.17, 15) is 0 Å². The molecular formula is C15H12ClN3OS. The molecule has 0 bridgehead atoms. The molecule has 21 heavy (non-hydrogen) atoms. The van der Waals surface area contributed by atoms with Crippen molar-refractivity contribution >= 4 is 33.8 Å². The lowest BCUT2D eigenvalue weighted by molar-refractivity contribution is 0.415. The summed E-state index contributed by atoms with van der Waals surface area (Å²) in [7, 11) is 1.65. The highest BCUT2D eigenvalue weighted by Gasteiger charge is 2.07. The predicted molar refractivity (Wildman–Crippen MR) is 86.6 cm³/mol. The highest BCUT2D eigenvalue weighted by Crippen LogP contribution is 2.29. The Morgan fingerprint density at radius 1 is 1.00 bits per heavy atom. The minimum Gasteiger partial charge on any atom is -0.497 e. The van der Waals surface area contributed by atoms with E-state index in [4.69, 9.17) is 16.3 Å². The van der Waals surface area contributed by atoms with Gasteiger partial charge in [0.25, 0.3) is 0 Å². The number of anilines is 2. The average Bonchev–Trinajstić information content (AvgIpc) is 2.98. The summed E-state index contributed by atoms with van der Waals surface area (Å²) in [5, 5.41) is 13.8. The van der Waals surface area contributed by atoms with Crippen LogP contribution in [0.15, 0.2) is 48.5 Å². The molecule has 0 aliphatic rings. The third kappa shape index (κ3) is 3.32. The summed E-state index contributed by atoms with van der Waals surface area (Å²) < 4.78 is 5.14. The fraction of sp³-hybridized carbons (Fsp3) is 0.0667. The van der Waals surface area contributed by atoms with Gasteiger partial charge in [-0.1, -0.05) is 22.9 Å². The summed E-state index contributed by atoms with van der Waals surface area (Å²) >= 11 is 7.35. The molecule has 6 heteroatoms. The molecule has 1 N–H and O–H groups in total. The van der Waals surface area contributed by atoms with Gasteiger partial charge in [0.2, 0.25) is 5.13 Å². The first-order chi connectivity index (χ1) is 10.2. The van der Waals surface area contributed by atoms with Gasteiger partial charge in [0, 0.05) is 16.3 Å². The standard InChI is InChI=1S/C15H12ClN3OS/c1-20-13-8-2-10(3-9-13)14-18-19-15(21-14)17-12-6-4-11(16)5-7-12/h2-9H,1H3,(H,17,19). The zero-order chi connectivity index (χ0) is 14.7. The van der Waals surface area contributed by atoms with E-state index in [0.717, 1.165) is 27.1 Å². The SMILES string of the molecule is COc1ccc(-c2nnc(Nc3ccc(Cl)cc3)s2)cc1. The molecule has 0 fully saturated rings. The highest BCUT2D eigenvalue weighted by atomic mass is 35.5. The third-order valence-electron chi connectivity index (χ3n) is 2.86. The summed E-state index contributed by atoms with van der Waals surface area (Å²) in [5.74, 6) is 0.822. The summed E-state index contributed by atoms with van der Waals surface area (Å²) in [5.41, 5.74) is 1.94. The lowest BCUT2D eigenvalue weighted by Crippen LogP contribution is -1.88. The van der Waals surface area contributed by atoms with E-state index in [0.29, 0.717) is 5.02 Å². The Balaban J connectivity index is 1.77. The molecule has 106 valence electrons. The Bertz CT molecular complexity index is 725. The van der Waals surface area contributed by atoms with Gasteiger partial charge in [-0.25, -0.2) is 0 Å². The number of rotatable bonds is 4. The number of aromatic nitrogens is 2. The van der Waals surface area contributed by atoms with Crippen molar-refractivity contribution < 1.29 is 4.74 Å². The molecule has 0 saturated carbocycles. The van der Waals surface area contributed by atoms with Crippen LogP contribution >= 0.6 is 22.9 Å². The zero-order valence-corrected chi connectivity index (χ0v) is 12.8. The Kier molecular flexibility index (Phi) is 4.03. The molecule has 2 aromatic carbocycles. The van der Waals surface area contributed by atoms with Gasteiger partial charge in [-0.05, 0) is 48.5 Å². The van der Waals surface area contributed by atoms with Crippen LogP contribution in [-0.2, 0) is 0 Å². The van der Waals surface area contributed by atoms with Crippen LogP contribution in [0.3, 0.4) is 0 Å². The second-order valence-corrected chi connectivity index (χ2v) is 5.69. The highest BCUT2D eigenvalue weighted by molar-refractivity contribution is 7.18. The van der Waals surface area contributed by atoms with Gasteiger partial charge >= 0.3 is 0 Å². The number of nitrogens with zero attached hydrogens (tertiary/aromatic N) is 2. The van der Waals surface area contributed by atoms with Gasteiger partial charge in [-0.3, -0.25) is 0 Å². The van der Waals surface area contributed by atoms with Gasteiger partial charge in [-0.15, -0.1) is 10.2 Å². The number of halogens is 1. The van der Waals surface area contributed by atoms with Crippen molar-refractivity contribution in [3.63, 3.8) is 0 Å². The number of benzene rings is 2.